The van der Waals surface area contributed by atoms with Gasteiger partial charge in [-0.2, -0.15) is 10.5 Å². The van der Waals surface area contributed by atoms with E-state index in [9.17, 15) is 10.5 Å². The second kappa shape index (κ2) is 11.3. The van der Waals surface area contributed by atoms with Gasteiger partial charge in [-0.05, 0) is 91.6 Å². The van der Waals surface area contributed by atoms with Gasteiger partial charge in [0.15, 0.2) is 0 Å². The highest BCUT2D eigenvalue weighted by atomic mass is 14.5. The molecule has 1 aromatic carbocycles. The Kier molecular flexibility index (Phi) is 8.40. The van der Waals surface area contributed by atoms with E-state index in [0.29, 0.717) is 16.5 Å². The molecule has 0 saturated heterocycles. The summed E-state index contributed by atoms with van der Waals surface area (Å²) >= 11 is 0. The van der Waals surface area contributed by atoms with Crippen molar-refractivity contribution in [1.82, 2.24) is 0 Å². The van der Waals surface area contributed by atoms with E-state index in [2.05, 4.69) is 38.1 Å². The Morgan fingerprint density at radius 3 is 1.94 bits per heavy atom. The second-order valence-corrected chi connectivity index (χ2v) is 12.2. The number of aryl methyl sites for hydroxylation is 1. The molecule has 1 aromatic rings. The van der Waals surface area contributed by atoms with E-state index < -0.39 is 0 Å². The highest BCUT2D eigenvalue weighted by molar-refractivity contribution is 5.57. The first-order valence-corrected chi connectivity index (χ1v) is 14.6. The van der Waals surface area contributed by atoms with Crippen LogP contribution >= 0.6 is 0 Å². The van der Waals surface area contributed by atoms with Gasteiger partial charge in [0.2, 0.25) is 0 Å². The van der Waals surface area contributed by atoms with Crippen molar-refractivity contribution in [1.29, 1.82) is 10.5 Å². The van der Waals surface area contributed by atoms with Gasteiger partial charge in [0.25, 0.3) is 0 Å². The average molecular weight is 459 g/mol. The van der Waals surface area contributed by atoms with E-state index in [1.54, 1.807) is 0 Å². The van der Waals surface area contributed by atoms with Crippen molar-refractivity contribution in [2.24, 2.45) is 17.3 Å². The van der Waals surface area contributed by atoms with Crippen LogP contribution in [0.25, 0.3) is 0 Å². The van der Waals surface area contributed by atoms with Gasteiger partial charge in [-0.3, -0.25) is 0 Å². The third kappa shape index (κ3) is 5.23. The molecule has 0 atom stereocenters. The minimum absolute atomic E-state index is 0.138. The lowest BCUT2D eigenvalue weighted by atomic mass is 9.50. The summed E-state index contributed by atoms with van der Waals surface area (Å²) < 4.78 is 0. The number of rotatable bonds is 10. The fraction of sp³-hybridized carbons (Fsp3) is 0.750. The maximum absolute atomic E-state index is 10.2. The van der Waals surface area contributed by atoms with Gasteiger partial charge in [-0.25, -0.2) is 0 Å². The van der Waals surface area contributed by atoms with Crippen molar-refractivity contribution in [2.45, 2.75) is 135 Å². The monoisotopic (exact) mass is 458 g/mol. The molecule has 0 radical (unpaired) electrons. The number of benzene rings is 1. The van der Waals surface area contributed by atoms with Crippen LogP contribution in [0.5, 0.6) is 0 Å². The molecule has 4 aliphatic rings. The molecule has 0 amide bonds. The molecule has 2 nitrogen and oxygen atoms in total. The molecule has 4 saturated carbocycles. The molecule has 34 heavy (non-hydrogen) atoms. The van der Waals surface area contributed by atoms with Gasteiger partial charge >= 0.3 is 0 Å². The largest absolute Gasteiger partial charge is 0.192 e. The van der Waals surface area contributed by atoms with Crippen LogP contribution in [0, 0.1) is 39.9 Å². The van der Waals surface area contributed by atoms with Crippen molar-refractivity contribution in [3.8, 4) is 12.1 Å². The number of fused-ring (bicyclic) bond motifs is 3. The Labute approximate surface area is 209 Å². The number of unbranched alkanes of at least 4 members (excludes halogenated alkanes) is 2. The molecule has 184 valence electrons. The van der Waals surface area contributed by atoms with Gasteiger partial charge < -0.3 is 0 Å². The lowest BCUT2D eigenvalue weighted by molar-refractivity contribution is 0.0304. The predicted molar refractivity (Wildman–Crippen MR) is 141 cm³/mol. The van der Waals surface area contributed by atoms with Gasteiger partial charge in [-0.1, -0.05) is 83.8 Å². The normalized spacial score (nSPS) is 30.6. The van der Waals surface area contributed by atoms with Crippen LogP contribution in [0.4, 0.5) is 0 Å². The summed E-state index contributed by atoms with van der Waals surface area (Å²) in [6, 6.07) is 9.49. The summed E-state index contributed by atoms with van der Waals surface area (Å²) in [5, 5.41) is 20.3. The van der Waals surface area contributed by atoms with Crippen molar-refractivity contribution in [2.75, 3.05) is 0 Å². The molecule has 0 unspecified atom stereocenters. The summed E-state index contributed by atoms with van der Waals surface area (Å²) in [7, 11) is 0. The van der Waals surface area contributed by atoms with Gasteiger partial charge in [-0.15, -0.1) is 0 Å². The lowest BCUT2D eigenvalue weighted by Crippen LogP contribution is -2.44. The zero-order valence-electron chi connectivity index (χ0n) is 21.9. The third-order valence-corrected chi connectivity index (χ3v) is 10.3. The third-order valence-electron chi connectivity index (χ3n) is 10.3. The van der Waals surface area contributed by atoms with Crippen LogP contribution in [0.1, 0.15) is 145 Å². The molecule has 5 rings (SSSR count). The molecule has 2 heteroatoms. The Balaban J connectivity index is 1.45. The molecule has 0 heterocycles. The predicted octanol–water partition coefficient (Wildman–Crippen LogP) is 9.14. The van der Waals surface area contributed by atoms with E-state index in [1.807, 2.05) is 0 Å². The van der Waals surface area contributed by atoms with Crippen LogP contribution in [-0.4, -0.2) is 0 Å². The second-order valence-electron chi connectivity index (χ2n) is 12.2. The summed E-state index contributed by atoms with van der Waals surface area (Å²) in [4.78, 5) is 0. The topological polar surface area (TPSA) is 47.6 Å². The van der Waals surface area contributed by atoms with Crippen LogP contribution in [-0.2, 0) is 11.8 Å². The highest BCUT2D eigenvalue weighted by Crippen LogP contribution is 2.60. The molecule has 0 N–H and O–H groups in total. The van der Waals surface area contributed by atoms with E-state index in [1.165, 1.54) is 115 Å². The van der Waals surface area contributed by atoms with Crippen molar-refractivity contribution >= 4 is 0 Å². The van der Waals surface area contributed by atoms with Crippen molar-refractivity contribution in [3.05, 3.63) is 34.4 Å². The van der Waals surface area contributed by atoms with E-state index >= 15 is 0 Å². The maximum atomic E-state index is 10.2. The zero-order chi connectivity index (χ0) is 24.0. The highest BCUT2D eigenvalue weighted by Gasteiger charge is 2.49. The van der Waals surface area contributed by atoms with Crippen LogP contribution < -0.4 is 0 Å². The van der Waals surface area contributed by atoms with Crippen LogP contribution in [0.2, 0.25) is 0 Å². The molecule has 0 aromatic heterocycles. The van der Waals surface area contributed by atoms with E-state index in [0.717, 1.165) is 23.8 Å². The van der Waals surface area contributed by atoms with Crippen LogP contribution in [0.15, 0.2) is 12.1 Å². The summed E-state index contributed by atoms with van der Waals surface area (Å²) in [5.41, 5.74) is 4.44. The summed E-state index contributed by atoms with van der Waals surface area (Å²) in [5.74, 6) is 1.73. The Hall–Kier alpha value is -1.80. The first kappa shape index (κ1) is 25.3. The van der Waals surface area contributed by atoms with Gasteiger partial charge in [0, 0.05) is 0 Å². The summed E-state index contributed by atoms with van der Waals surface area (Å²) in [6.45, 7) is 4.60. The fourth-order valence-electron chi connectivity index (χ4n) is 7.91. The standard InChI is InChI=1S/C32H46N2/c1-3-5-6-16-31-17-20-32(21-18-31,22-19-31)30-15-14-27(28(23-33)29(30)24-34)13-12-26-10-8-25(7-4-2)9-11-26/h14-15,25-26H,3-13,16-22H2,1-2H3. The smallest absolute Gasteiger partial charge is 0.101 e. The Morgan fingerprint density at radius 2 is 1.38 bits per heavy atom. The van der Waals surface area contributed by atoms with E-state index in [4.69, 9.17) is 0 Å². The minimum Gasteiger partial charge on any atom is -0.192 e. The van der Waals surface area contributed by atoms with Crippen molar-refractivity contribution in [3.63, 3.8) is 0 Å². The quantitative estimate of drug-likeness (QED) is 0.328. The molecule has 4 aliphatic carbocycles. The molecule has 0 aliphatic heterocycles. The Morgan fingerprint density at radius 1 is 0.765 bits per heavy atom. The average Bonchev–Trinajstić information content (AvgIpc) is 2.89. The molecule has 2 bridgehead atoms. The maximum Gasteiger partial charge on any atom is 0.101 e. The number of hydrogen-bond donors (Lipinski definition) is 0. The number of nitrogens with zero attached hydrogens (tertiary/aromatic N) is 2. The summed E-state index contributed by atoms with van der Waals surface area (Å²) in [6.07, 6.45) is 23.3. The molecular weight excluding hydrogens is 412 g/mol. The fourth-order valence-corrected chi connectivity index (χ4v) is 7.91. The molecule has 4 fully saturated rings. The lowest BCUT2D eigenvalue weighted by Gasteiger charge is -2.54. The molecular formula is C32H46N2. The van der Waals surface area contributed by atoms with Crippen LogP contribution in [0.3, 0.4) is 0 Å². The minimum atomic E-state index is 0.138. The first-order chi connectivity index (χ1) is 16.6. The first-order valence-electron chi connectivity index (χ1n) is 14.6. The Bertz CT molecular complexity index is 882. The SMILES string of the molecule is CCCCCC12CCC(c3ccc(CCC4CCC(CCC)CC4)c(C#N)c3C#N)(CC1)CC2. The van der Waals surface area contributed by atoms with Gasteiger partial charge in [0.05, 0.1) is 11.1 Å². The zero-order valence-corrected chi connectivity index (χ0v) is 21.9. The van der Waals surface area contributed by atoms with Gasteiger partial charge in [0.1, 0.15) is 12.1 Å². The molecule has 0 spiro atoms. The number of hydrogen-bond acceptors (Lipinski definition) is 2. The van der Waals surface area contributed by atoms with E-state index in [-0.39, 0.29) is 5.41 Å². The number of nitriles is 2. The van der Waals surface area contributed by atoms with Crippen molar-refractivity contribution < 1.29 is 0 Å².